The van der Waals surface area contributed by atoms with Crippen molar-refractivity contribution in [3.8, 4) is 0 Å². The lowest BCUT2D eigenvalue weighted by Gasteiger charge is -2.16. The summed E-state index contributed by atoms with van der Waals surface area (Å²) in [6, 6.07) is 6.96. The number of nitrogens with one attached hydrogen (secondary N) is 1. The van der Waals surface area contributed by atoms with Gasteiger partial charge in [0, 0.05) is 12.2 Å². The minimum absolute atomic E-state index is 0.533. The van der Waals surface area contributed by atoms with Crippen LogP contribution < -0.4 is 5.32 Å². The molecule has 2 nitrogen and oxygen atoms in total. The van der Waals surface area contributed by atoms with Crippen LogP contribution >= 0.6 is 0 Å². The minimum atomic E-state index is -4.57. The maximum absolute atomic E-state index is 12.0. The van der Waals surface area contributed by atoms with Gasteiger partial charge in [-0.2, -0.15) is 13.2 Å². The van der Waals surface area contributed by atoms with E-state index in [0.29, 0.717) is 5.69 Å². The van der Waals surface area contributed by atoms with Gasteiger partial charge in [0.2, 0.25) is 0 Å². The van der Waals surface area contributed by atoms with Crippen molar-refractivity contribution < 1.29 is 18.3 Å². The second kappa shape index (κ2) is 4.53. The smallest absolute Gasteiger partial charge is 0.382 e. The Balaban J connectivity index is 2.55. The van der Waals surface area contributed by atoms with Crippen LogP contribution in [0.4, 0.5) is 18.9 Å². The summed E-state index contributed by atoms with van der Waals surface area (Å²) in [6.45, 7) is 1.25. The summed E-state index contributed by atoms with van der Waals surface area (Å²) in [5.74, 6) is 0. The van der Waals surface area contributed by atoms with Crippen LogP contribution in [0.3, 0.4) is 0 Å². The normalized spacial score (nSPS) is 13.7. The Bertz CT molecular complexity index is 325. The molecule has 15 heavy (non-hydrogen) atoms. The summed E-state index contributed by atoms with van der Waals surface area (Å²) in [7, 11) is 0. The Kier molecular flexibility index (Phi) is 3.57. The van der Waals surface area contributed by atoms with E-state index in [4.69, 9.17) is 5.11 Å². The van der Waals surface area contributed by atoms with Crippen molar-refractivity contribution in [1.29, 1.82) is 0 Å². The third-order valence-electron chi connectivity index (χ3n) is 2.01. The molecule has 84 valence electrons. The lowest BCUT2D eigenvalue weighted by atomic mass is 10.2. The first-order valence-corrected chi connectivity index (χ1v) is 4.45. The SMILES string of the molecule is Cc1ccccc1NCC(O)C(F)(F)F. The third-order valence-corrected chi connectivity index (χ3v) is 2.01. The van der Waals surface area contributed by atoms with E-state index < -0.39 is 18.8 Å². The molecule has 1 atom stereocenters. The molecule has 0 aromatic heterocycles. The van der Waals surface area contributed by atoms with Crippen LogP contribution in [0.2, 0.25) is 0 Å². The van der Waals surface area contributed by atoms with Crippen LogP contribution in [0.15, 0.2) is 24.3 Å². The monoisotopic (exact) mass is 219 g/mol. The average molecular weight is 219 g/mol. The summed E-state index contributed by atoms with van der Waals surface area (Å²) >= 11 is 0. The molecule has 0 aliphatic rings. The van der Waals surface area contributed by atoms with Crippen LogP contribution in [0.5, 0.6) is 0 Å². The molecule has 5 heteroatoms. The Hall–Kier alpha value is -1.23. The Morgan fingerprint density at radius 3 is 2.47 bits per heavy atom. The van der Waals surface area contributed by atoms with E-state index in [2.05, 4.69) is 5.32 Å². The van der Waals surface area contributed by atoms with Crippen LogP contribution in [-0.2, 0) is 0 Å². The van der Waals surface area contributed by atoms with Gasteiger partial charge in [-0.1, -0.05) is 18.2 Å². The van der Waals surface area contributed by atoms with Gasteiger partial charge in [-0.3, -0.25) is 0 Å². The summed E-state index contributed by atoms with van der Waals surface area (Å²) in [6.07, 6.45) is -6.91. The van der Waals surface area contributed by atoms with Gasteiger partial charge < -0.3 is 10.4 Å². The molecular formula is C10H12F3NO. The van der Waals surface area contributed by atoms with Gasteiger partial charge >= 0.3 is 6.18 Å². The Morgan fingerprint density at radius 2 is 1.93 bits per heavy atom. The number of hydrogen-bond acceptors (Lipinski definition) is 2. The standard InChI is InChI=1S/C10H12F3NO/c1-7-4-2-3-5-8(7)14-6-9(15)10(11,12)13/h2-5,9,14-15H,6H2,1H3. The molecule has 0 amide bonds. The molecule has 0 radical (unpaired) electrons. The van der Waals surface area contributed by atoms with E-state index in [1.54, 1.807) is 31.2 Å². The molecule has 1 rings (SSSR count). The zero-order valence-corrected chi connectivity index (χ0v) is 8.17. The van der Waals surface area contributed by atoms with E-state index in [1.165, 1.54) is 0 Å². The van der Waals surface area contributed by atoms with Gasteiger partial charge in [-0.25, -0.2) is 0 Å². The van der Waals surface area contributed by atoms with Crippen molar-refractivity contribution in [2.24, 2.45) is 0 Å². The zero-order chi connectivity index (χ0) is 11.5. The van der Waals surface area contributed by atoms with Crippen molar-refractivity contribution in [3.63, 3.8) is 0 Å². The summed E-state index contributed by atoms with van der Waals surface area (Å²) in [4.78, 5) is 0. The number of halogens is 3. The molecular weight excluding hydrogens is 207 g/mol. The number of alkyl halides is 3. The average Bonchev–Trinajstić information content (AvgIpc) is 2.14. The third kappa shape index (κ3) is 3.43. The quantitative estimate of drug-likeness (QED) is 0.817. The highest BCUT2D eigenvalue weighted by molar-refractivity contribution is 5.50. The molecule has 0 saturated carbocycles. The van der Waals surface area contributed by atoms with Crippen LogP contribution in [-0.4, -0.2) is 23.9 Å². The van der Waals surface area contributed by atoms with Gasteiger partial charge in [0.05, 0.1) is 0 Å². The zero-order valence-electron chi connectivity index (χ0n) is 8.17. The van der Waals surface area contributed by atoms with Crippen LogP contribution in [0.25, 0.3) is 0 Å². The molecule has 2 N–H and O–H groups in total. The van der Waals surface area contributed by atoms with Crippen LogP contribution in [0, 0.1) is 6.92 Å². The first kappa shape index (κ1) is 11.8. The fraction of sp³-hybridized carbons (Fsp3) is 0.400. The highest BCUT2D eigenvalue weighted by Gasteiger charge is 2.37. The molecule has 0 spiro atoms. The fourth-order valence-corrected chi connectivity index (χ4v) is 1.09. The molecule has 1 aromatic rings. The molecule has 0 aliphatic heterocycles. The first-order chi connectivity index (χ1) is 6.91. The maximum atomic E-state index is 12.0. The lowest BCUT2D eigenvalue weighted by molar-refractivity contribution is -0.198. The molecule has 0 aliphatic carbocycles. The number of aliphatic hydroxyl groups excluding tert-OH is 1. The van der Waals surface area contributed by atoms with Crippen molar-refractivity contribution in [2.45, 2.75) is 19.2 Å². The maximum Gasteiger partial charge on any atom is 0.416 e. The van der Waals surface area contributed by atoms with Gasteiger partial charge in [0.1, 0.15) is 0 Å². The summed E-state index contributed by atoms with van der Waals surface area (Å²) < 4.78 is 35.9. The summed E-state index contributed by atoms with van der Waals surface area (Å²) in [5, 5.41) is 11.3. The van der Waals surface area contributed by atoms with E-state index in [1.807, 2.05) is 0 Å². The van der Waals surface area contributed by atoms with E-state index in [-0.39, 0.29) is 0 Å². The molecule has 0 heterocycles. The predicted molar refractivity (Wildman–Crippen MR) is 51.7 cm³/mol. The largest absolute Gasteiger partial charge is 0.416 e. The lowest BCUT2D eigenvalue weighted by Crippen LogP contribution is -2.35. The molecule has 0 saturated heterocycles. The molecule has 0 bridgehead atoms. The Labute approximate surface area is 85.7 Å². The number of rotatable bonds is 3. The molecule has 1 unspecified atom stereocenters. The van der Waals surface area contributed by atoms with Gasteiger partial charge in [0.15, 0.2) is 6.10 Å². The predicted octanol–water partition coefficient (Wildman–Crippen LogP) is 2.33. The number of benzene rings is 1. The highest BCUT2D eigenvalue weighted by Crippen LogP contribution is 2.21. The van der Waals surface area contributed by atoms with Crippen molar-refractivity contribution >= 4 is 5.69 Å². The van der Waals surface area contributed by atoms with Crippen LogP contribution in [0.1, 0.15) is 5.56 Å². The van der Waals surface area contributed by atoms with Crippen molar-refractivity contribution in [3.05, 3.63) is 29.8 Å². The van der Waals surface area contributed by atoms with E-state index in [0.717, 1.165) is 5.56 Å². The van der Waals surface area contributed by atoms with Crippen molar-refractivity contribution in [2.75, 3.05) is 11.9 Å². The molecule has 1 aromatic carbocycles. The number of hydrogen-bond donors (Lipinski definition) is 2. The number of para-hydroxylation sites is 1. The van der Waals surface area contributed by atoms with E-state index in [9.17, 15) is 13.2 Å². The number of aliphatic hydroxyl groups is 1. The fourth-order valence-electron chi connectivity index (χ4n) is 1.09. The van der Waals surface area contributed by atoms with Gasteiger partial charge in [-0.15, -0.1) is 0 Å². The Morgan fingerprint density at radius 1 is 1.33 bits per heavy atom. The topological polar surface area (TPSA) is 32.3 Å². The second-order valence-electron chi connectivity index (χ2n) is 3.25. The molecule has 0 fully saturated rings. The van der Waals surface area contributed by atoms with Crippen molar-refractivity contribution in [1.82, 2.24) is 0 Å². The minimum Gasteiger partial charge on any atom is -0.382 e. The number of aryl methyl sites for hydroxylation is 1. The van der Waals surface area contributed by atoms with Gasteiger partial charge in [0.25, 0.3) is 0 Å². The highest BCUT2D eigenvalue weighted by atomic mass is 19.4. The summed E-state index contributed by atoms with van der Waals surface area (Å²) in [5.41, 5.74) is 1.44. The van der Waals surface area contributed by atoms with Gasteiger partial charge in [-0.05, 0) is 18.6 Å². The number of anilines is 1. The first-order valence-electron chi connectivity index (χ1n) is 4.45. The van der Waals surface area contributed by atoms with E-state index >= 15 is 0 Å². The second-order valence-corrected chi connectivity index (χ2v) is 3.25.